The first-order valence-electron chi connectivity index (χ1n) is 7.04. The second-order valence-corrected chi connectivity index (χ2v) is 4.80. The third kappa shape index (κ3) is 3.71. The van der Waals surface area contributed by atoms with E-state index in [1.165, 1.54) is 26.4 Å². The number of unbranched alkanes of at least 4 members (excludes halogenated alkanes) is 1. The summed E-state index contributed by atoms with van der Waals surface area (Å²) in [5.41, 5.74) is 0.0885. The molecule has 112 valence electrons. The summed E-state index contributed by atoms with van der Waals surface area (Å²) in [6.07, 6.45) is 3.50. The Labute approximate surface area is 120 Å². The molecule has 0 amide bonds. The van der Waals surface area contributed by atoms with Crippen molar-refractivity contribution in [2.75, 3.05) is 14.2 Å². The van der Waals surface area contributed by atoms with Crippen molar-refractivity contribution in [3.63, 3.8) is 0 Å². The molecule has 3 nitrogen and oxygen atoms in total. The van der Waals surface area contributed by atoms with E-state index in [0.29, 0.717) is 17.9 Å². The molecule has 0 saturated heterocycles. The zero-order chi connectivity index (χ0) is 15.1. The predicted octanol–water partition coefficient (Wildman–Crippen LogP) is 4.24. The number of hydrogen-bond acceptors (Lipinski definition) is 3. The average molecular weight is 282 g/mol. The Bertz CT molecular complexity index is 457. The number of methoxy groups -OCH3 is 2. The van der Waals surface area contributed by atoms with E-state index < -0.39 is 5.82 Å². The fraction of sp³-hybridized carbons (Fsp3) is 0.562. The first kappa shape index (κ1) is 16.5. The lowest BCUT2D eigenvalue weighted by molar-refractivity contribution is 0.0903. The van der Waals surface area contributed by atoms with Crippen molar-refractivity contribution < 1.29 is 18.7 Å². The minimum atomic E-state index is -0.553. The molecule has 0 saturated carbocycles. The van der Waals surface area contributed by atoms with E-state index in [4.69, 9.17) is 9.47 Å². The minimum Gasteiger partial charge on any atom is -0.493 e. The number of halogens is 1. The van der Waals surface area contributed by atoms with Gasteiger partial charge in [-0.25, -0.2) is 4.39 Å². The van der Waals surface area contributed by atoms with Crippen LogP contribution in [0.1, 0.15) is 49.9 Å². The van der Waals surface area contributed by atoms with Crippen molar-refractivity contribution in [3.8, 4) is 11.5 Å². The molecule has 0 N–H and O–H groups in total. The van der Waals surface area contributed by atoms with E-state index >= 15 is 0 Å². The summed E-state index contributed by atoms with van der Waals surface area (Å²) in [5, 5.41) is 0. The van der Waals surface area contributed by atoms with Crippen molar-refractivity contribution in [2.45, 2.75) is 39.5 Å². The van der Waals surface area contributed by atoms with Crippen LogP contribution in [0.25, 0.3) is 0 Å². The van der Waals surface area contributed by atoms with Gasteiger partial charge in [-0.3, -0.25) is 4.79 Å². The molecule has 0 spiro atoms. The third-order valence-corrected chi connectivity index (χ3v) is 3.51. The Morgan fingerprint density at radius 3 is 2.30 bits per heavy atom. The molecule has 1 unspecified atom stereocenters. The Balaban J connectivity index is 3.08. The number of hydrogen-bond donors (Lipinski definition) is 0. The maximum atomic E-state index is 14.1. The van der Waals surface area contributed by atoms with E-state index in [1.807, 2.05) is 6.92 Å². The Morgan fingerprint density at radius 1 is 1.20 bits per heavy atom. The van der Waals surface area contributed by atoms with E-state index in [1.54, 1.807) is 0 Å². The monoisotopic (exact) mass is 282 g/mol. The van der Waals surface area contributed by atoms with Gasteiger partial charge in [0.2, 0.25) is 0 Å². The van der Waals surface area contributed by atoms with Gasteiger partial charge in [-0.05, 0) is 18.9 Å². The van der Waals surface area contributed by atoms with E-state index in [9.17, 15) is 9.18 Å². The van der Waals surface area contributed by atoms with Crippen LogP contribution in [0, 0.1) is 11.7 Å². The van der Waals surface area contributed by atoms with Crippen molar-refractivity contribution >= 4 is 5.78 Å². The Hall–Kier alpha value is -1.58. The van der Waals surface area contributed by atoms with Crippen molar-refractivity contribution in [1.29, 1.82) is 0 Å². The van der Waals surface area contributed by atoms with Gasteiger partial charge >= 0.3 is 0 Å². The first-order valence-corrected chi connectivity index (χ1v) is 7.04. The molecule has 1 aromatic carbocycles. The lowest BCUT2D eigenvalue weighted by atomic mass is 9.90. The van der Waals surface area contributed by atoms with Crippen LogP contribution in [0.5, 0.6) is 11.5 Å². The molecule has 0 radical (unpaired) electrons. The second-order valence-electron chi connectivity index (χ2n) is 4.80. The van der Waals surface area contributed by atoms with Gasteiger partial charge in [0, 0.05) is 12.0 Å². The quantitative estimate of drug-likeness (QED) is 0.669. The molecule has 0 heterocycles. The molecule has 0 bridgehead atoms. The molecule has 0 aromatic heterocycles. The van der Waals surface area contributed by atoms with Crippen molar-refractivity contribution in [1.82, 2.24) is 0 Å². The topological polar surface area (TPSA) is 35.5 Å². The number of ketones is 1. The van der Waals surface area contributed by atoms with Crippen LogP contribution in [0.4, 0.5) is 4.39 Å². The van der Waals surface area contributed by atoms with Gasteiger partial charge in [0.1, 0.15) is 5.82 Å². The van der Waals surface area contributed by atoms with Gasteiger partial charge in [-0.15, -0.1) is 0 Å². The standard InChI is InChI=1S/C16H23FO3/c1-5-7-8-11(6-2)16(18)12-9-14(19-3)15(20-4)10-13(12)17/h9-11H,5-8H2,1-4H3. The molecular formula is C16H23FO3. The van der Waals surface area contributed by atoms with E-state index in [2.05, 4.69) is 6.92 Å². The van der Waals surface area contributed by atoms with Crippen LogP contribution in [0.15, 0.2) is 12.1 Å². The van der Waals surface area contributed by atoms with Crippen LogP contribution >= 0.6 is 0 Å². The number of Topliss-reactive ketones (excluding diaryl/α,β-unsaturated/α-hetero) is 1. The molecule has 1 aromatic rings. The zero-order valence-electron chi connectivity index (χ0n) is 12.7. The highest BCUT2D eigenvalue weighted by Gasteiger charge is 2.23. The molecule has 0 aliphatic rings. The largest absolute Gasteiger partial charge is 0.493 e. The van der Waals surface area contributed by atoms with Gasteiger partial charge in [0.25, 0.3) is 0 Å². The average Bonchev–Trinajstić information content (AvgIpc) is 2.47. The molecule has 1 rings (SSSR count). The number of ether oxygens (including phenoxy) is 2. The maximum absolute atomic E-state index is 14.1. The van der Waals surface area contributed by atoms with E-state index in [0.717, 1.165) is 19.3 Å². The van der Waals surface area contributed by atoms with Crippen molar-refractivity contribution in [3.05, 3.63) is 23.5 Å². The highest BCUT2D eigenvalue weighted by molar-refractivity contribution is 5.98. The molecule has 20 heavy (non-hydrogen) atoms. The number of benzene rings is 1. The predicted molar refractivity (Wildman–Crippen MR) is 77.1 cm³/mol. The van der Waals surface area contributed by atoms with Gasteiger partial charge in [0.05, 0.1) is 19.8 Å². The van der Waals surface area contributed by atoms with E-state index in [-0.39, 0.29) is 17.3 Å². The maximum Gasteiger partial charge on any atom is 0.169 e. The normalized spacial score (nSPS) is 12.1. The van der Waals surface area contributed by atoms with Crippen LogP contribution in [-0.4, -0.2) is 20.0 Å². The summed E-state index contributed by atoms with van der Waals surface area (Å²) in [5.74, 6) is -0.171. The third-order valence-electron chi connectivity index (χ3n) is 3.51. The lowest BCUT2D eigenvalue weighted by Gasteiger charge is -2.15. The molecule has 4 heteroatoms. The highest BCUT2D eigenvalue weighted by Crippen LogP contribution is 2.31. The van der Waals surface area contributed by atoms with Crippen LogP contribution in [0.3, 0.4) is 0 Å². The Kier molecular flexibility index (Phi) is 6.49. The minimum absolute atomic E-state index is 0.0885. The summed E-state index contributed by atoms with van der Waals surface area (Å²) in [6, 6.07) is 2.64. The number of carbonyl (C=O) groups is 1. The summed E-state index contributed by atoms with van der Waals surface area (Å²) in [7, 11) is 2.91. The first-order chi connectivity index (χ1) is 9.58. The molecule has 0 aliphatic carbocycles. The van der Waals surface area contributed by atoms with Gasteiger partial charge in [-0.2, -0.15) is 0 Å². The fourth-order valence-electron chi connectivity index (χ4n) is 2.23. The molecule has 1 atom stereocenters. The summed E-state index contributed by atoms with van der Waals surface area (Å²) in [6.45, 7) is 4.03. The smallest absolute Gasteiger partial charge is 0.169 e. The fourth-order valence-corrected chi connectivity index (χ4v) is 2.23. The number of carbonyl (C=O) groups excluding carboxylic acids is 1. The molecule has 0 aliphatic heterocycles. The second kappa shape index (κ2) is 7.88. The molecular weight excluding hydrogens is 259 g/mol. The number of rotatable bonds is 8. The van der Waals surface area contributed by atoms with Crippen LogP contribution in [-0.2, 0) is 0 Å². The summed E-state index contributed by atoms with van der Waals surface area (Å²) in [4.78, 5) is 12.4. The summed E-state index contributed by atoms with van der Waals surface area (Å²) < 4.78 is 24.2. The van der Waals surface area contributed by atoms with Gasteiger partial charge in [0.15, 0.2) is 17.3 Å². The lowest BCUT2D eigenvalue weighted by Crippen LogP contribution is -2.16. The SMILES string of the molecule is CCCCC(CC)C(=O)c1cc(OC)c(OC)cc1F. The van der Waals surface area contributed by atoms with Crippen LogP contribution in [0.2, 0.25) is 0 Å². The highest BCUT2D eigenvalue weighted by atomic mass is 19.1. The van der Waals surface area contributed by atoms with Gasteiger partial charge in [-0.1, -0.05) is 26.7 Å². The Morgan fingerprint density at radius 2 is 1.80 bits per heavy atom. The van der Waals surface area contributed by atoms with Crippen LogP contribution < -0.4 is 9.47 Å². The summed E-state index contributed by atoms with van der Waals surface area (Å²) >= 11 is 0. The molecule has 0 fully saturated rings. The zero-order valence-corrected chi connectivity index (χ0v) is 12.7. The van der Waals surface area contributed by atoms with Crippen molar-refractivity contribution in [2.24, 2.45) is 5.92 Å². The van der Waals surface area contributed by atoms with Gasteiger partial charge < -0.3 is 9.47 Å².